The number of imide groups is 1. The third-order valence-corrected chi connectivity index (χ3v) is 3.26. The van der Waals surface area contributed by atoms with E-state index in [2.05, 4.69) is 5.32 Å². The number of nitrogens with one attached hydrogen (secondary N) is 1. The maximum absolute atomic E-state index is 11.7. The Balaban J connectivity index is 2.13. The van der Waals surface area contributed by atoms with Gasteiger partial charge in [-0.2, -0.15) is 5.06 Å². The fourth-order valence-electron chi connectivity index (χ4n) is 2.15. The van der Waals surface area contributed by atoms with E-state index in [1.54, 1.807) is 25.1 Å². The lowest BCUT2D eigenvalue weighted by Gasteiger charge is -2.23. The monoisotopic (exact) mass is 240 g/mol. The minimum atomic E-state index is -0.466. The van der Waals surface area contributed by atoms with Crippen molar-refractivity contribution in [1.82, 2.24) is 10.4 Å². The van der Waals surface area contributed by atoms with E-state index >= 15 is 0 Å². The van der Waals surface area contributed by atoms with Gasteiger partial charge in [-0.05, 0) is 13.3 Å². The van der Waals surface area contributed by atoms with Gasteiger partial charge < -0.3 is 5.11 Å². The number of rotatable bonds is 2. The molecule has 0 radical (unpaired) electrons. The van der Waals surface area contributed by atoms with Crippen LogP contribution in [0.5, 0.6) is 0 Å². The van der Waals surface area contributed by atoms with Crippen molar-refractivity contribution in [3.8, 4) is 0 Å². The Morgan fingerprint density at radius 3 is 2.88 bits per heavy atom. The molecule has 1 fully saturated rings. The smallest absolute Gasteiger partial charge is 0.253 e. The Bertz CT molecular complexity index is 380. The van der Waals surface area contributed by atoms with Crippen LogP contribution in [0.2, 0.25) is 0 Å². The van der Waals surface area contributed by atoms with Crippen LogP contribution in [0.25, 0.3) is 0 Å². The van der Waals surface area contributed by atoms with Gasteiger partial charge in [-0.25, -0.2) is 0 Å². The lowest BCUT2D eigenvalue weighted by molar-refractivity contribution is -0.163. The van der Waals surface area contributed by atoms with Gasteiger partial charge in [0.25, 0.3) is 5.91 Å². The summed E-state index contributed by atoms with van der Waals surface area (Å²) < 4.78 is 0. The van der Waals surface area contributed by atoms with E-state index in [-0.39, 0.29) is 30.6 Å². The van der Waals surface area contributed by atoms with E-state index in [1.165, 1.54) is 0 Å². The van der Waals surface area contributed by atoms with Crippen molar-refractivity contribution in [3.63, 3.8) is 0 Å². The molecule has 2 N–H and O–H groups in total. The minimum Gasteiger partial charge on any atom is -0.395 e. The Labute approximate surface area is 99.2 Å². The molecule has 3 unspecified atom stereocenters. The van der Waals surface area contributed by atoms with Crippen LogP contribution in [0.3, 0.4) is 0 Å². The molecule has 0 bridgehead atoms. The molecule has 6 nitrogen and oxygen atoms in total. The average molecular weight is 240 g/mol. The largest absolute Gasteiger partial charge is 0.395 e. The number of carbonyl (C=O) groups is 2. The van der Waals surface area contributed by atoms with Crippen molar-refractivity contribution in [2.45, 2.75) is 25.5 Å². The summed E-state index contributed by atoms with van der Waals surface area (Å²) in [4.78, 5) is 28.5. The molecule has 0 aliphatic carbocycles. The van der Waals surface area contributed by atoms with E-state index in [4.69, 9.17) is 9.94 Å². The maximum atomic E-state index is 11.7. The van der Waals surface area contributed by atoms with Crippen LogP contribution >= 0.6 is 0 Å². The summed E-state index contributed by atoms with van der Waals surface area (Å²) in [5.74, 6) is -1.15. The molecule has 2 heterocycles. The second kappa shape index (κ2) is 4.56. The van der Waals surface area contributed by atoms with E-state index < -0.39 is 5.92 Å². The molecule has 0 saturated carbocycles. The lowest BCUT2D eigenvalue weighted by Crippen LogP contribution is -2.44. The molecule has 1 saturated heterocycles. The molecule has 0 spiro atoms. The first-order valence-corrected chi connectivity index (χ1v) is 5.57. The normalized spacial score (nSPS) is 34.8. The zero-order chi connectivity index (χ0) is 12.6. The number of likely N-dealkylation sites (N-methyl/N-ethyl adjacent to an activating group) is 1. The Morgan fingerprint density at radius 1 is 1.59 bits per heavy atom. The summed E-state index contributed by atoms with van der Waals surface area (Å²) in [5, 5.41) is 13.0. The number of hydrogen-bond donors (Lipinski definition) is 2. The predicted molar refractivity (Wildman–Crippen MR) is 58.5 cm³/mol. The van der Waals surface area contributed by atoms with Crippen molar-refractivity contribution in [3.05, 3.63) is 11.6 Å². The Kier molecular flexibility index (Phi) is 3.28. The van der Waals surface area contributed by atoms with Gasteiger partial charge in [0.1, 0.15) is 0 Å². The van der Waals surface area contributed by atoms with Crippen molar-refractivity contribution in [2.75, 3.05) is 13.7 Å². The van der Waals surface area contributed by atoms with Crippen molar-refractivity contribution >= 4 is 11.8 Å². The fraction of sp³-hybridized carbons (Fsp3) is 0.636. The van der Waals surface area contributed by atoms with Crippen molar-refractivity contribution in [2.24, 2.45) is 5.92 Å². The molecule has 2 amide bonds. The van der Waals surface area contributed by atoms with Crippen LogP contribution in [0.4, 0.5) is 0 Å². The molecule has 2 aliphatic rings. The van der Waals surface area contributed by atoms with Gasteiger partial charge in [0.05, 0.1) is 24.7 Å². The molecular weight excluding hydrogens is 224 g/mol. The third-order valence-electron chi connectivity index (χ3n) is 3.26. The van der Waals surface area contributed by atoms with Gasteiger partial charge in [-0.15, -0.1) is 0 Å². The van der Waals surface area contributed by atoms with Gasteiger partial charge in [-0.3, -0.25) is 19.7 Å². The van der Waals surface area contributed by atoms with E-state index in [0.29, 0.717) is 12.0 Å². The minimum absolute atomic E-state index is 0.0109. The maximum Gasteiger partial charge on any atom is 0.253 e. The number of aliphatic hydroxyl groups excluding tert-OH is 1. The average Bonchev–Trinajstić information content (AvgIpc) is 2.65. The molecular formula is C11H16N2O4. The molecule has 0 aromatic heterocycles. The van der Waals surface area contributed by atoms with Crippen LogP contribution in [0.1, 0.15) is 13.3 Å². The number of amides is 2. The summed E-state index contributed by atoms with van der Waals surface area (Å²) in [5.41, 5.74) is 0.522. The first kappa shape index (κ1) is 12.2. The number of hydrogen-bond acceptors (Lipinski definition) is 5. The van der Waals surface area contributed by atoms with E-state index in [9.17, 15) is 9.59 Å². The summed E-state index contributed by atoms with van der Waals surface area (Å²) in [6.45, 7) is 1.65. The van der Waals surface area contributed by atoms with Crippen LogP contribution < -0.4 is 5.32 Å². The highest BCUT2D eigenvalue weighted by Gasteiger charge is 2.40. The van der Waals surface area contributed by atoms with Crippen LogP contribution in [0, 0.1) is 5.92 Å². The third kappa shape index (κ3) is 2.24. The summed E-state index contributed by atoms with van der Waals surface area (Å²) >= 11 is 0. The standard InChI is InChI=1S/C11H16N2O4/c1-6-3-8(11(16)12-10(6)15)9-4-7(5-14)13(2)17-9/h3,7-9,14H,4-5H2,1-2H3,(H,12,15,16). The topological polar surface area (TPSA) is 78.9 Å². The molecule has 2 rings (SSSR count). The van der Waals surface area contributed by atoms with Crippen molar-refractivity contribution < 1.29 is 19.5 Å². The van der Waals surface area contributed by atoms with Crippen molar-refractivity contribution in [1.29, 1.82) is 0 Å². The second-order valence-electron chi connectivity index (χ2n) is 4.46. The molecule has 0 aromatic carbocycles. The SMILES string of the molecule is CC1=CC(C2CC(CO)N(C)O2)C(=O)NC1=O. The number of nitrogens with zero attached hydrogens (tertiary/aromatic N) is 1. The predicted octanol–water partition coefficient (Wildman–Crippen LogP) is -0.798. The van der Waals surface area contributed by atoms with E-state index in [1.807, 2.05) is 0 Å². The first-order valence-electron chi connectivity index (χ1n) is 5.57. The van der Waals surface area contributed by atoms with Gasteiger partial charge in [-0.1, -0.05) is 6.08 Å². The highest BCUT2D eigenvalue weighted by molar-refractivity contribution is 6.08. The van der Waals surface area contributed by atoms with Gasteiger partial charge >= 0.3 is 0 Å². The number of hydroxylamine groups is 2. The van der Waals surface area contributed by atoms with Gasteiger partial charge in [0, 0.05) is 12.6 Å². The highest BCUT2D eigenvalue weighted by Crippen LogP contribution is 2.28. The molecule has 3 atom stereocenters. The molecule has 17 heavy (non-hydrogen) atoms. The zero-order valence-corrected chi connectivity index (χ0v) is 9.84. The Hall–Kier alpha value is -1.24. The second-order valence-corrected chi connectivity index (χ2v) is 4.46. The molecule has 0 aromatic rings. The van der Waals surface area contributed by atoms with Gasteiger partial charge in [0.15, 0.2) is 0 Å². The number of carbonyl (C=O) groups excluding carboxylic acids is 2. The zero-order valence-electron chi connectivity index (χ0n) is 9.84. The van der Waals surface area contributed by atoms with Crippen LogP contribution in [-0.2, 0) is 14.4 Å². The highest BCUT2D eigenvalue weighted by atomic mass is 16.7. The fourth-order valence-corrected chi connectivity index (χ4v) is 2.15. The Morgan fingerprint density at radius 2 is 2.29 bits per heavy atom. The summed E-state index contributed by atoms with van der Waals surface area (Å²) in [7, 11) is 1.73. The number of aliphatic hydroxyl groups is 1. The molecule has 6 heteroatoms. The molecule has 2 aliphatic heterocycles. The summed E-state index contributed by atoms with van der Waals surface area (Å²) in [6.07, 6.45) is 1.89. The van der Waals surface area contributed by atoms with Crippen LogP contribution in [-0.4, -0.2) is 47.8 Å². The lowest BCUT2D eigenvalue weighted by atomic mass is 9.92. The van der Waals surface area contributed by atoms with E-state index in [0.717, 1.165) is 0 Å². The summed E-state index contributed by atoms with van der Waals surface area (Å²) in [6, 6.07) is -0.0980. The molecule has 94 valence electrons. The van der Waals surface area contributed by atoms with Gasteiger partial charge in [0.2, 0.25) is 5.91 Å². The van der Waals surface area contributed by atoms with Crippen LogP contribution in [0.15, 0.2) is 11.6 Å². The quantitative estimate of drug-likeness (QED) is 0.618. The first-order chi connectivity index (χ1) is 8.02.